The highest BCUT2D eigenvalue weighted by molar-refractivity contribution is 6.74. The fraction of sp³-hybridized carbons (Fsp3) is 0.778. The first kappa shape index (κ1) is 35.3. The lowest BCUT2D eigenvalue weighted by Crippen LogP contribution is -2.59. The Kier molecular flexibility index (Phi) is 13.1. The van der Waals surface area contributed by atoms with Crippen molar-refractivity contribution in [2.45, 2.75) is 129 Å². The molecule has 0 aliphatic carbocycles. The van der Waals surface area contributed by atoms with Gasteiger partial charge in [-0.15, -0.1) is 0 Å². The molecular weight excluding hydrogens is 490 g/mol. The lowest BCUT2D eigenvalue weighted by Gasteiger charge is -2.43. The second-order valence-corrected chi connectivity index (χ2v) is 23.0. The fourth-order valence-electron chi connectivity index (χ4n) is 2.60. The van der Waals surface area contributed by atoms with E-state index < -0.39 is 52.4 Å². The molecule has 3 atom stereocenters. The quantitative estimate of drug-likeness (QED) is 0.217. The van der Waals surface area contributed by atoms with Gasteiger partial charge in [-0.25, -0.2) is 4.79 Å². The molecule has 0 saturated carbocycles. The summed E-state index contributed by atoms with van der Waals surface area (Å²) >= 11 is 0. The van der Waals surface area contributed by atoms with Crippen LogP contribution in [0.4, 0.5) is 4.79 Å². The van der Waals surface area contributed by atoms with Gasteiger partial charge in [0.15, 0.2) is 22.4 Å². The smallest absolute Gasteiger partial charge is 0.408 e. The number of amides is 1. The zero-order chi connectivity index (χ0) is 28.8. The third-order valence-corrected chi connectivity index (χ3v) is 15.9. The summed E-state index contributed by atoms with van der Waals surface area (Å²) in [6.07, 6.45) is 3.46. The van der Waals surface area contributed by atoms with E-state index in [0.717, 1.165) is 0 Å². The number of nitrogens with one attached hydrogen (secondary N) is 1. The standard InChI is InChI=1S/C27H53NO6Si2/c1-15-16-17-18-20(29)22(28-24(31)33-25(2,3)4)23(30)21(34-36(13,14)27(8,9)10)19-32-35(11,12)26(5,6)7/h15-18,21-23,30H,19H2,1-14H3,(H,28,31)/t21-,22-,23-/m1/s1. The first-order valence-electron chi connectivity index (χ1n) is 12.8. The van der Waals surface area contributed by atoms with Crippen molar-refractivity contribution < 1.29 is 28.3 Å². The molecule has 0 aromatic heterocycles. The van der Waals surface area contributed by atoms with Crippen LogP contribution in [0.1, 0.15) is 69.2 Å². The average molecular weight is 544 g/mol. The molecule has 0 unspecified atom stereocenters. The molecule has 7 nitrogen and oxygen atoms in total. The molecule has 0 aliphatic rings. The highest BCUT2D eigenvalue weighted by Gasteiger charge is 2.45. The molecule has 0 heterocycles. The number of rotatable bonds is 13. The number of alkyl carbamates (subject to hydrolysis) is 1. The third-order valence-electron chi connectivity index (χ3n) is 6.93. The van der Waals surface area contributed by atoms with E-state index in [-0.39, 0.29) is 16.7 Å². The van der Waals surface area contributed by atoms with E-state index in [2.05, 4.69) is 73.0 Å². The summed E-state index contributed by atoms with van der Waals surface area (Å²) < 4.78 is 18.4. The van der Waals surface area contributed by atoms with Gasteiger partial charge in [-0.1, -0.05) is 48.5 Å². The first-order chi connectivity index (χ1) is 15.9. The maximum absolute atomic E-state index is 13.2. The second-order valence-electron chi connectivity index (χ2n) is 13.4. The first-order valence-corrected chi connectivity index (χ1v) is 18.6. The molecule has 36 heavy (non-hydrogen) atoms. The van der Waals surface area contributed by atoms with Gasteiger partial charge in [0.1, 0.15) is 17.7 Å². The minimum absolute atomic E-state index is 0.0430. The van der Waals surface area contributed by atoms with Crippen molar-refractivity contribution in [1.29, 1.82) is 0 Å². The molecule has 0 spiro atoms. The van der Waals surface area contributed by atoms with E-state index in [9.17, 15) is 14.7 Å². The summed E-state index contributed by atoms with van der Waals surface area (Å²) in [5.41, 5.74) is -0.758. The Balaban J connectivity index is 6.18. The number of unbranched alkanes of at least 4 members (excludes halogenated alkanes) is 2. The molecule has 210 valence electrons. The van der Waals surface area contributed by atoms with E-state index in [1.165, 1.54) is 6.42 Å². The van der Waals surface area contributed by atoms with Gasteiger partial charge in [0, 0.05) is 6.42 Å². The lowest BCUT2D eigenvalue weighted by molar-refractivity contribution is -0.123. The van der Waals surface area contributed by atoms with E-state index in [1.54, 1.807) is 40.0 Å². The van der Waals surface area contributed by atoms with Crippen LogP contribution in [0.15, 0.2) is 0 Å². The van der Waals surface area contributed by atoms with Gasteiger partial charge in [0.25, 0.3) is 0 Å². The predicted molar refractivity (Wildman–Crippen MR) is 152 cm³/mol. The molecule has 0 saturated heterocycles. The predicted octanol–water partition coefficient (Wildman–Crippen LogP) is 6.06. The summed E-state index contributed by atoms with van der Waals surface area (Å²) in [5, 5.41) is 14.0. The van der Waals surface area contributed by atoms with Gasteiger partial charge >= 0.3 is 6.09 Å². The van der Waals surface area contributed by atoms with E-state index in [1.807, 2.05) is 6.92 Å². The molecule has 9 heteroatoms. The number of Topliss-reactive ketones (excluding diaryl/α,β-unsaturated/α-hetero) is 1. The Bertz CT molecular complexity index is 705. The Morgan fingerprint density at radius 2 is 1.39 bits per heavy atom. The van der Waals surface area contributed by atoms with Crippen molar-refractivity contribution in [3.8, 4) is 0 Å². The average Bonchev–Trinajstić information content (AvgIpc) is 2.65. The van der Waals surface area contributed by atoms with Crippen molar-refractivity contribution in [2.24, 2.45) is 0 Å². The normalized spacial score (nSPS) is 16.3. The molecule has 0 fully saturated rings. The van der Waals surface area contributed by atoms with Crippen molar-refractivity contribution in [3.63, 3.8) is 0 Å². The van der Waals surface area contributed by atoms with Crippen LogP contribution in [-0.4, -0.2) is 64.1 Å². The number of ether oxygens (including phenoxy) is 1. The molecule has 0 aromatic carbocycles. The van der Waals surface area contributed by atoms with Crippen LogP contribution in [0, 0.1) is 25.7 Å². The van der Waals surface area contributed by atoms with Crippen LogP contribution in [0.3, 0.4) is 0 Å². The largest absolute Gasteiger partial charge is 0.444 e. The summed E-state index contributed by atoms with van der Waals surface area (Å²) in [5.74, 6) is -0.456. The number of carbonyl (C=O) groups is 2. The summed E-state index contributed by atoms with van der Waals surface area (Å²) in [4.78, 5) is 25.8. The Hall–Kier alpha value is -0.746. The zero-order valence-corrected chi connectivity index (χ0v) is 27.2. The number of aliphatic hydroxyl groups is 1. The Labute approximate surface area is 223 Å². The molecule has 0 bridgehead atoms. The Morgan fingerprint density at radius 3 is 1.81 bits per heavy atom. The maximum atomic E-state index is 13.2. The minimum atomic E-state index is -2.37. The van der Waals surface area contributed by atoms with Gasteiger partial charge in [-0.05, 0) is 76.3 Å². The molecule has 2 N–H and O–H groups in total. The zero-order valence-electron chi connectivity index (χ0n) is 25.2. The third kappa shape index (κ3) is 11.8. The molecule has 0 aromatic rings. The number of carbonyl (C=O) groups excluding carboxylic acids is 2. The van der Waals surface area contributed by atoms with Gasteiger partial charge in [0.2, 0.25) is 0 Å². The van der Waals surface area contributed by atoms with Gasteiger partial charge in [-0.3, -0.25) is 4.79 Å². The van der Waals surface area contributed by atoms with Crippen LogP contribution < -0.4 is 5.32 Å². The number of ketones is 1. The van der Waals surface area contributed by atoms with Crippen molar-refractivity contribution in [3.05, 3.63) is 25.7 Å². The highest BCUT2D eigenvalue weighted by Crippen LogP contribution is 2.39. The highest BCUT2D eigenvalue weighted by atomic mass is 28.4. The lowest BCUT2D eigenvalue weighted by atomic mass is 9.98. The van der Waals surface area contributed by atoms with Crippen molar-refractivity contribution in [1.82, 2.24) is 5.32 Å². The van der Waals surface area contributed by atoms with E-state index >= 15 is 0 Å². The monoisotopic (exact) mass is 543 g/mol. The fourth-order valence-corrected chi connectivity index (χ4v) is 4.94. The van der Waals surface area contributed by atoms with Crippen LogP contribution >= 0.6 is 0 Å². The topological polar surface area (TPSA) is 94.1 Å². The minimum Gasteiger partial charge on any atom is -0.444 e. The van der Waals surface area contributed by atoms with Crippen LogP contribution in [0.2, 0.25) is 36.3 Å². The molecular formula is C27H53NO6Si2. The summed E-state index contributed by atoms with van der Waals surface area (Å²) in [6.45, 7) is 28.3. The Morgan fingerprint density at radius 1 is 0.889 bits per heavy atom. The number of aliphatic hydroxyl groups excluding tert-OH is 1. The summed E-state index contributed by atoms with van der Waals surface area (Å²) in [7, 11) is -4.55. The number of hydrogen-bond acceptors (Lipinski definition) is 6. The number of hydrogen-bond donors (Lipinski definition) is 2. The molecule has 4 radical (unpaired) electrons. The van der Waals surface area contributed by atoms with Gasteiger partial charge < -0.3 is 24.0 Å². The SMILES string of the molecule is C[CH][CH][CH][CH]C(=O)[C@@H](NC(=O)OC(C)(C)C)[C@H](O)[C@@H](CO[Si](C)(C)C(C)(C)C)O[Si](C)(C)C(C)(C)C. The summed E-state index contributed by atoms with van der Waals surface area (Å²) in [6, 6.07) is -1.26. The van der Waals surface area contributed by atoms with E-state index in [4.69, 9.17) is 13.6 Å². The van der Waals surface area contributed by atoms with Crippen LogP contribution in [0.5, 0.6) is 0 Å². The van der Waals surface area contributed by atoms with Crippen LogP contribution in [0.25, 0.3) is 0 Å². The molecule has 1 amide bonds. The molecule has 0 aliphatic heterocycles. The van der Waals surface area contributed by atoms with Gasteiger partial charge in [0.05, 0.1) is 12.7 Å². The van der Waals surface area contributed by atoms with E-state index in [0.29, 0.717) is 0 Å². The van der Waals surface area contributed by atoms with Crippen LogP contribution in [-0.2, 0) is 18.4 Å². The maximum Gasteiger partial charge on any atom is 0.408 e. The van der Waals surface area contributed by atoms with Crippen molar-refractivity contribution in [2.75, 3.05) is 6.61 Å². The van der Waals surface area contributed by atoms with Gasteiger partial charge in [-0.2, -0.15) is 0 Å². The van der Waals surface area contributed by atoms with Crippen molar-refractivity contribution >= 4 is 28.5 Å². The molecule has 0 rings (SSSR count). The second kappa shape index (κ2) is 13.4.